The Kier molecular flexibility index (Phi) is 5.71. The SMILES string of the molecule is O=C(NCCCOc1ccccc1)Nc1cc(F)ccc1F. The molecule has 0 atom stereocenters. The lowest BCUT2D eigenvalue weighted by atomic mass is 10.3. The summed E-state index contributed by atoms with van der Waals surface area (Å²) in [6.45, 7) is 0.800. The lowest BCUT2D eigenvalue weighted by molar-refractivity contribution is 0.250. The smallest absolute Gasteiger partial charge is 0.319 e. The minimum atomic E-state index is -0.691. The van der Waals surface area contributed by atoms with Crippen LogP contribution < -0.4 is 15.4 Å². The normalized spacial score (nSPS) is 10.1. The monoisotopic (exact) mass is 306 g/mol. The molecule has 116 valence electrons. The van der Waals surface area contributed by atoms with Crippen molar-refractivity contribution >= 4 is 11.7 Å². The van der Waals surface area contributed by atoms with Crippen LogP contribution in [0.1, 0.15) is 6.42 Å². The number of anilines is 1. The van der Waals surface area contributed by atoms with Crippen molar-refractivity contribution in [2.24, 2.45) is 0 Å². The van der Waals surface area contributed by atoms with Crippen LogP contribution >= 0.6 is 0 Å². The molecule has 4 nitrogen and oxygen atoms in total. The van der Waals surface area contributed by atoms with Crippen molar-refractivity contribution in [2.45, 2.75) is 6.42 Å². The number of urea groups is 1. The van der Waals surface area contributed by atoms with Crippen molar-refractivity contribution in [3.63, 3.8) is 0 Å². The van der Waals surface area contributed by atoms with Gasteiger partial charge in [0.05, 0.1) is 12.3 Å². The topological polar surface area (TPSA) is 50.4 Å². The highest BCUT2D eigenvalue weighted by molar-refractivity contribution is 5.89. The molecule has 0 aliphatic rings. The third-order valence-corrected chi connectivity index (χ3v) is 2.80. The van der Waals surface area contributed by atoms with Crippen molar-refractivity contribution in [3.05, 3.63) is 60.2 Å². The number of nitrogens with one attached hydrogen (secondary N) is 2. The molecule has 0 aromatic heterocycles. The molecular formula is C16H16F2N2O2. The van der Waals surface area contributed by atoms with Crippen LogP contribution in [-0.2, 0) is 0 Å². The van der Waals surface area contributed by atoms with Crippen molar-refractivity contribution in [2.75, 3.05) is 18.5 Å². The van der Waals surface area contributed by atoms with E-state index in [1.54, 1.807) is 0 Å². The number of para-hydroxylation sites is 1. The summed E-state index contributed by atoms with van der Waals surface area (Å²) >= 11 is 0. The highest BCUT2D eigenvalue weighted by Gasteiger charge is 2.07. The molecule has 22 heavy (non-hydrogen) atoms. The minimum absolute atomic E-state index is 0.196. The highest BCUT2D eigenvalue weighted by Crippen LogP contribution is 2.14. The fraction of sp³-hybridized carbons (Fsp3) is 0.188. The number of rotatable bonds is 6. The Labute approximate surface area is 127 Å². The number of carbonyl (C=O) groups is 1. The van der Waals surface area contributed by atoms with Gasteiger partial charge >= 0.3 is 6.03 Å². The van der Waals surface area contributed by atoms with E-state index in [9.17, 15) is 13.6 Å². The zero-order chi connectivity index (χ0) is 15.8. The van der Waals surface area contributed by atoms with Gasteiger partial charge in [-0.05, 0) is 30.7 Å². The molecule has 0 aliphatic carbocycles. The van der Waals surface area contributed by atoms with Crippen LogP contribution in [0.4, 0.5) is 19.3 Å². The van der Waals surface area contributed by atoms with Crippen LogP contribution in [-0.4, -0.2) is 19.2 Å². The van der Waals surface area contributed by atoms with Crippen molar-refractivity contribution in [3.8, 4) is 5.75 Å². The predicted molar refractivity (Wildman–Crippen MR) is 79.9 cm³/mol. The minimum Gasteiger partial charge on any atom is -0.494 e. The Balaban J connectivity index is 1.66. The van der Waals surface area contributed by atoms with Gasteiger partial charge in [-0.2, -0.15) is 0 Å². The van der Waals surface area contributed by atoms with Gasteiger partial charge in [0, 0.05) is 12.6 Å². The van der Waals surface area contributed by atoms with Gasteiger partial charge in [0.2, 0.25) is 0 Å². The lowest BCUT2D eigenvalue weighted by Crippen LogP contribution is -2.30. The number of hydrogen-bond acceptors (Lipinski definition) is 2. The predicted octanol–water partition coefficient (Wildman–Crippen LogP) is 3.56. The van der Waals surface area contributed by atoms with Crippen LogP contribution in [0.2, 0.25) is 0 Å². The molecule has 0 aliphatic heterocycles. The van der Waals surface area contributed by atoms with E-state index in [2.05, 4.69) is 10.6 Å². The number of ether oxygens (including phenoxy) is 1. The van der Waals surface area contributed by atoms with Gasteiger partial charge in [0.25, 0.3) is 0 Å². The molecule has 2 N–H and O–H groups in total. The first-order valence-corrected chi connectivity index (χ1v) is 6.83. The van der Waals surface area contributed by atoms with Crippen LogP contribution in [0, 0.1) is 11.6 Å². The Hall–Kier alpha value is -2.63. The Morgan fingerprint density at radius 3 is 2.64 bits per heavy atom. The number of hydrogen-bond donors (Lipinski definition) is 2. The molecule has 0 bridgehead atoms. The third kappa shape index (κ3) is 5.05. The van der Waals surface area contributed by atoms with E-state index in [1.165, 1.54) is 0 Å². The van der Waals surface area contributed by atoms with E-state index in [0.29, 0.717) is 19.6 Å². The maximum absolute atomic E-state index is 13.3. The molecule has 2 rings (SSSR count). The molecule has 2 aromatic rings. The summed E-state index contributed by atoms with van der Waals surface area (Å²) in [6.07, 6.45) is 0.591. The first-order chi connectivity index (χ1) is 10.6. The largest absolute Gasteiger partial charge is 0.494 e. The van der Waals surface area contributed by atoms with Gasteiger partial charge in [-0.3, -0.25) is 0 Å². The summed E-state index contributed by atoms with van der Waals surface area (Å²) in [4.78, 5) is 11.6. The fourth-order valence-electron chi connectivity index (χ4n) is 1.74. The van der Waals surface area contributed by atoms with Crippen LogP contribution in [0.15, 0.2) is 48.5 Å². The number of benzene rings is 2. The number of amides is 2. The molecule has 0 unspecified atom stereocenters. The molecule has 0 radical (unpaired) electrons. The van der Waals surface area contributed by atoms with Gasteiger partial charge in [0.1, 0.15) is 17.4 Å². The first kappa shape index (κ1) is 15.8. The van der Waals surface area contributed by atoms with Gasteiger partial charge in [-0.15, -0.1) is 0 Å². The zero-order valence-electron chi connectivity index (χ0n) is 11.8. The summed E-state index contributed by atoms with van der Waals surface area (Å²) in [7, 11) is 0. The molecular weight excluding hydrogens is 290 g/mol. The van der Waals surface area contributed by atoms with Gasteiger partial charge in [-0.1, -0.05) is 18.2 Å². The van der Waals surface area contributed by atoms with Crippen molar-refractivity contribution in [1.82, 2.24) is 5.32 Å². The molecule has 2 amide bonds. The summed E-state index contributed by atoms with van der Waals surface area (Å²) in [5.41, 5.74) is -0.196. The second-order valence-electron chi connectivity index (χ2n) is 4.52. The Morgan fingerprint density at radius 1 is 1.09 bits per heavy atom. The quantitative estimate of drug-likeness (QED) is 0.802. The first-order valence-electron chi connectivity index (χ1n) is 6.83. The van der Waals surface area contributed by atoms with Crippen LogP contribution in [0.5, 0.6) is 5.75 Å². The average Bonchev–Trinajstić information content (AvgIpc) is 2.51. The number of carbonyl (C=O) groups excluding carboxylic acids is 1. The number of halogens is 2. The Morgan fingerprint density at radius 2 is 1.86 bits per heavy atom. The summed E-state index contributed by atoms with van der Waals surface area (Å²) in [5, 5.41) is 4.80. The molecule has 0 spiro atoms. The van der Waals surface area contributed by atoms with Gasteiger partial charge in [0.15, 0.2) is 0 Å². The van der Waals surface area contributed by atoms with E-state index < -0.39 is 17.7 Å². The van der Waals surface area contributed by atoms with E-state index in [4.69, 9.17) is 4.74 Å². The molecule has 0 saturated carbocycles. The maximum atomic E-state index is 13.3. The third-order valence-electron chi connectivity index (χ3n) is 2.80. The van der Waals surface area contributed by atoms with Gasteiger partial charge < -0.3 is 15.4 Å². The van der Waals surface area contributed by atoms with Crippen LogP contribution in [0.3, 0.4) is 0 Å². The Bertz CT molecular complexity index is 621. The lowest BCUT2D eigenvalue weighted by Gasteiger charge is -2.09. The fourth-order valence-corrected chi connectivity index (χ4v) is 1.74. The van der Waals surface area contributed by atoms with Crippen molar-refractivity contribution < 1.29 is 18.3 Å². The molecule has 0 fully saturated rings. The van der Waals surface area contributed by atoms with E-state index in [-0.39, 0.29) is 5.69 Å². The molecule has 0 saturated heterocycles. The summed E-state index contributed by atoms with van der Waals surface area (Å²) in [5.74, 6) is -0.550. The average molecular weight is 306 g/mol. The van der Waals surface area contributed by atoms with Crippen molar-refractivity contribution in [1.29, 1.82) is 0 Å². The van der Waals surface area contributed by atoms with E-state index >= 15 is 0 Å². The summed E-state index contributed by atoms with van der Waals surface area (Å²) < 4.78 is 31.7. The zero-order valence-corrected chi connectivity index (χ0v) is 11.8. The van der Waals surface area contributed by atoms with Crippen LogP contribution in [0.25, 0.3) is 0 Å². The second-order valence-corrected chi connectivity index (χ2v) is 4.52. The molecule has 6 heteroatoms. The van der Waals surface area contributed by atoms with E-state index in [1.807, 2.05) is 30.3 Å². The standard InChI is InChI=1S/C16H16F2N2O2/c17-12-7-8-14(18)15(11-12)20-16(21)19-9-4-10-22-13-5-2-1-3-6-13/h1-3,5-8,11H,4,9-10H2,(H2,19,20,21). The van der Waals surface area contributed by atoms with E-state index in [0.717, 1.165) is 23.9 Å². The second kappa shape index (κ2) is 7.97. The molecule has 0 heterocycles. The highest BCUT2D eigenvalue weighted by atomic mass is 19.1. The summed E-state index contributed by atoms with van der Waals surface area (Å²) in [6, 6.07) is 11.6. The maximum Gasteiger partial charge on any atom is 0.319 e. The van der Waals surface area contributed by atoms with Gasteiger partial charge in [-0.25, -0.2) is 13.6 Å². The molecule has 2 aromatic carbocycles.